The molecular formula is C21H20ClN3. The van der Waals surface area contributed by atoms with Gasteiger partial charge in [-0.3, -0.25) is 9.88 Å². The number of allylic oxidation sites excluding steroid dienone is 1. The number of aromatic nitrogens is 2. The molecule has 2 aromatic heterocycles. The Bertz CT molecular complexity index is 1030. The molecule has 0 fully saturated rings. The molecule has 0 radical (unpaired) electrons. The van der Waals surface area contributed by atoms with E-state index in [9.17, 15) is 0 Å². The SMILES string of the molecule is CC1c2c(n(/C=C3\Cc4cnccc43)c3ccc(Cl)cc23)CCN1C. The Hall–Kier alpha value is -2.10. The van der Waals surface area contributed by atoms with Crippen molar-refractivity contribution < 1.29 is 0 Å². The van der Waals surface area contributed by atoms with Crippen LogP contribution in [0.25, 0.3) is 22.7 Å². The Morgan fingerprint density at radius 2 is 2.16 bits per heavy atom. The summed E-state index contributed by atoms with van der Waals surface area (Å²) in [4.78, 5) is 6.64. The molecule has 25 heavy (non-hydrogen) atoms. The van der Waals surface area contributed by atoms with E-state index in [4.69, 9.17) is 11.6 Å². The molecule has 1 unspecified atom stereocenters. The zero-order valence-corrected chi connectivity index (χ0v) is 15.2. The van der Waals surface area contributed by atoms with Gasteiger partial charge >= 0.3 is 0 Å². The van der Waals surface area contributed by atoms with Gasteiger partial charge in [0, 0.05) is 60.1 Å². The van der Waals surface area contributed by atoms with Gasteiger partial charge in [0.2, 0.25) is 0 Å². The standard InChI is InChI=1S/C21H20ClN3/c1-13-21-18-10-16(22)3-4-19(18)25(20(21)6-8-24(13)2)12-15-9-14-11-23-7-5-17(14)15/h3-5,7,10-13H,6,8-9H2,1-2H3/b15-12+. The molecule has 4 heteroatoms. The number of pyridine rings is 1. The molecule has 0 saturated heterocycles. The minimum Gasteiger partial charge on any atom is -0.320 e. The lowest BCUT2D eigenvalue weighted by molar-refractivity contribution is 0.247. The van der Waals surface area contributed by atoms with Crippen LogP contribution in [-0.2, 0) is 12.8 Å². The van der Waals surface area contributed by atoms with Crippen LogP contribution in [0.1, 0.15) is 35.3 Å². The molecule has 3 aromatic rings. The van der Waals surface area contributed by atoms with Crippen LogP contribution in [0.5, 0.6) is 0 Å². The highest BCUT2D eigenvalue weighted by Crippen LogP contribution is 2.40. The third-order valence-electron chi connectivity index (χ3n) is 5.81. The van der Waals surface area contributed by atoms with E-state index in [0.29, 0.717) is 6.04 Å². The first-order valence-electron chi connectivity index (χ1n) is 8.80. The first kappa shape index (κ1) is 15.2. The van der Waals surface area contributed by atoms with Gasteiger partial charge in [0.15, 0.2) is 0 Å². The van der Waals surface area contributed by atoms with Crippen molar-refractivity contribution >= 4 is 34.3 Å². The van der Waals surface area contributed by atoms with Gasteiger partial charge in [-0.15, -0.1) is 0 Å². The second-order valence-electron chi connectivity index (χ2n) is 7.16. The Kier molecular flexibility index (Phi) is 3.31. The van der Waals surface area contributed by atoms with Gasteiger partial charge in [-0.2, -0.15) is 0 Å². The van der Waals surface area contributed by atoms with Crippen LogP contribution in [0.2, 0.25) is 5.02 Å². The summed E-state index contributed by atoms with van der Waals surface area (Å²) in [5, 5.41) is 2.09. The summed E-state index contributed by atoms with van der Waals surface area (Å²) >= 11 is 6.32. The van der Waals surface area contributed by atoms with E-state index >= 15 is 0 Å². The topological polar surface area (TPSA) is 21.1 Å². The summed E-state index contributed by atoms with van der Waals surface area (Å²) < 4.78 is 2.41. The van der Waals surface area contributed by atoms with Crippen molar-refractivity contribution in [2.24, 2.45) is 0 Å². The molecule has 1 aliphatic heterocycles. The van der Waals surface area contributed by atoms with Crippen molar-refractivity contribution in [3.05, 3.63) is 64.1 Å². The Balaban J connectivity index is 1.75. The number of rotatable bonds is 1. The summed E-state index contributed by atoms with van der Waals surface area (Å²) in [6, 6.07) is 8.81. The van der Waals surface area contributed by atoms with Gasteiger partial charge in [0.25, 0.3) is 0 Å². The number of fused-ring (bicyclic) bond motifs is 4. The Morgan fingerprint density at radius 3 is 3.00 bits per heavy atom. The molecule has 1 aliphatic carbocycles. The number of halogens is 1. The van der Waals surface area contributed by atoms with Crippen LogP contribution >= 0.6 is 11.6 Å². The first-order valence-corrected chi connectivity index (χ1v) is 9.17. The molecule has 2 aliphatic rings. The molecule has 3 nitrogen and oxygen atoms in total. The molecule has 3 heterocycles. The average Bonchev–Trinajstić information content (AvgIpc) is 2.89. The summed E-state index contributed by atoms with van der Waals surface area (Å²) in [5.41, 5.74) is 8.18. The van der Waals surface area contributed by atoms with E-state index in [2.05, 4.69) is 52.8 Å². The largest absolute Gasteiger partial charge is 0.320 e. The highest BCUT2D eigenvalue weighted by Gasteiger charge is 2.28. The molecule has 126 valence electrons. The summed E-state index contributed by atoms with van der Waals surface area (Å²) in [5.74, 6) is 0. The minimum atomic E-state index is 0.405. The lowest BCUT2D eigenvalue weighted by Gasteiger charge is -2.31. The maximum absolute atomic E-state index is 6.32. The maximum atomic E-state index is 6.32. The first-order chi connectivity index (χ1) is 12.1. The van der Waals surface area contributed by atoms with Crippen LogP contribution in [0.15, 0.2) is 36.7 Å². The maximum Gasteiger partial charge on any atom is 0.0529 e. The molecule has 0 N–H and O–H groups in total. The van der Waals surface area contributed by atoms with Crippen LogP contribution < -0.4 is 0 Å². The van der Waals surface area contributed by atoms with Gasteiger partial charge in [-0.1, -0.05) is 11.6 Å². The molecule has 0 saturated carbocycles. The predicted octanol–water partition coefficient (Wildman–Crippen LogP) is 4.79. The second kappa shape index (κ2) is 5.45. The van der Waals surface area contributed by atoms with Gasteiger partial charge in [0.1, 0.15) is 0 Å². The van der Waals surface area contributed by atoms with Crippen molar-refractivity contribution in [1.82, 2.24) is 14.5 Å². The Labute approximate surface area is 152 Å². The summed E-state index contributed by atoms with van der Waals surface area (Å²) in [6.07, 6.45) is 8.25. The monoisotopic (exact) mass is 349 g/mol. The van der Waals surface area contributed by atoms with E-state index in [1.165, 1.54) is 38.9 Å². The number of hydrogen-bond acceptors (Lipinski definition) is 2. The fourth-order valence-electron chi connectivity index (χ4n) is 4.28. The smallest absolute Gasteiger partial charge is 0.0529 e. The lowest BCUT2D eigenvalue weighted by Crippen LogP contribution is -2.30. The molecular weight excluding hydrogens is 330 g/mol. The normalized spacial score (nSPS) is 21.2. The highest BCUT2D eigenvalue weighted by atomic mass is 35.5. The second-order valence-corrected chi connectivity index (χ2v) is 7.60. The number of likely N-dealkylation sites (N-methyl/N-ethyl adjacent to an activating group) is 1. The summed E-state index contributed by atoms with van der Waals surface area (Å²) in [7, 11) is 2.20. The van der Waals surface area contributed by atoms with Crippen LogP contribution in [-0.4, -0.2) is 28.0 Å². The lowest BCUT2D eigenvalue weighted by atomic mass is 9.85. The van der Waals surface area contributed by atoms with E-state index < -0.39 is 0 Å². The van der Waals surface area contributed by atoms with Gasteiger partial charge in [-0.25, -0.2) is 0 Å². The van der Waals surface area contributed by atoms with Crippen molar-refractivity contribution in [3.8, 4) is 0 Å². The average molecular weight is 350 g/mol. The van der Waals surface area contributed by atoms with Crippen molar-refractivity contribution in [2.75, 3.05) is 13.6 Å². The fourth-order valence-corrected chi connectivity index (χ4v) is 4.45. The third-order valence-corrected chi connectivity index (χ3v) is 6.04. The number of hydrogen-bond donors (Lipinski definition) is 0. The van der Waals surface area contributed by atoms with Crippen molar-refractivity contribution in [3.63, 3.8) is 0 Å². The molecule has 5 rings (SSSR count). The third kappa shape index (κ3) is 2.19. The number of benzene rings is 1. The molecule has 1 aromatic carbocycles. The van der Waals surface area contributed by atoms with Crippen LogP contribution in [0, 0.1) is 0 Å². The predicted molar refractivity (Wildman–Crippen MR) is 104 cm³/mol. The minimum absolute atomic E-state index is 0.405. The molecule has 0 spiro atoms. The zero-order chi connectivity index (χ0) is 17.1. The summed E-state index contributed by atoms with van der Waals surface area (Å²) in [6.45, 7) is 3.38. The van der Waals surface area contributed by atoms with Crippen LogP contribution in [0.4, 0.5) is 0 Å². The van der Waals surface area contributed by atoms with Crippen LogP contribution in [0.3, 0.4) is 0 Å². The zero-order valence-electron chi connectivity index (χ0n) is 14.5. The quantitative estimate of drug-likeness (QED) is 0.629. The van der Waals surface area contributed by atoms with Gasteiger partial charge < -0.3 is 4.57 Å². The number of nitrogens with zero attached hydrogens (tertiary/aromatic N) is 3. The van der Waals surface area contributed by atoms with Crippen molar-refractivity contribution in [1.29, 1.82) is 0 Å². The van der Waals surface area contributed by atoms with E-state index in [1.807, 2.05) is 18.5 Å². The van der Waals surface area contributed by atoms with Crippen molar-refractivity contribution in [2.45, 2.75) is 25.8 Å². The van der Waals surface area contributed by atoms with E-state index in [1.54, 1.807) is 0 Å². The fraction of sp³-hybridized carbons (Fsp3) is 0.286. The van der Waals surface area contributed by atoms with Gasteiger partial charge in [-0.05, 0) is 60.5 Å². The molecule has 1 atom stereocenters. The Morgan fingerprint density at radius 1 is 1.28 bits per heavy atom. The van der Waals surface area contributed by atoms with E-state index in [-0.39, 0.29) is 0 Å². The highest BCUT2D eigenvalue weighted by molar-refractivity contribution is 6.31. The molecule has 0 bridgehead atoms. The molecule has 0 amide bonds. The van der Waals surface area contributed by atoms with Gasteiger partial charge in [0.05, 0.1) is 5.52 Å². The van der Waals surface area contributed by atoms with E-state index in [0.717, 1.165) is 24.4 Å².